The number of amides is 1. The van der Waals surface area contributed by atoms with Gasteiger partial charge in [-0.15, -0.1) is 0 Å². The van der Waals surface area contributed by atoms with E-state index in [0.29, 0.717) is 11.0 Å². The Morgan fingerprint density at radius 1 is 1.03 bits per heavy atom. The average molecular weight is 417 g/mol. The van der Waals surface area contributed by atoms with E-state index in [1.807, 2.05) is 61.7 Å². The molecule has 0 bridgehead atoms. The summed E-state index contributed by atoms with van der Waals surface area (Å²) in [5.41, 5.74) is 3.22. The van der Waals surface area contributed by atoms with Crippen molar-refractivity contribution in [3.05, 3.63) is 72.6 Å². The van der Waals surface area contributed by atoms with Crippen LogP contribution in [0, 0.1) is 6.92 Å². The zero-order chi connectivity index (χ0) is 21.1. The standard InChI is InChI=1S/C22H19N5O2S/c1-14-11-12-27(26-14)21-13-20(16-3-7-18(29)8-4-16)24-22(25-21)30-19-9-5-17(6-10-19)23-15(2)28/h3-13,29H,1-2H3,(H,23,28). The lowest BCUT2D eigenvalue weighted by molar-refractivity contribution is -0.114. The molecule has 150 valence electrons. The molecule has 0 aliphatic rings. The number of phenols is 1. The highest BCUT2D eigenvalue weighted by molar-refractivity contribution is 7.99. The molecule has 0 saturated carbocycles. The summed E-state index contributed by atoms with van der Waals surface area (Å²) in [6, 6.07) is 18.1. The molecule has 2 N–H and O–H groups in total. The van der Waals surface area contributed by atoms with E-state index in [0.717, 1.165) is 27.5 Å². The number of hydrogen-bond donors (Lipinski definition) is 2. The first-order valence-electron chi connectivity index (χ1n) is 9.23. The van der Waals surface area contributed by atoms with E-state index in [1.54, 1.807) is 16.8 Å². The van der Waals surface area contributed by atoms with E-state index < -0.39 is 0 Å². The van der Waals surface area contributed by atoms with E-state index in [-0.39, 0.29) is 11.7 Å². The summed E-state index contributed by atoms with van der Waals surface area (Å²) >= 11 is 1.42. The van der Waals surface area contributed by atoms with Crippen molar-refractivity contribution in [3.8, 4) is 22.8 Å². The Balaban J connectivity index is 1.70. The summed E-state index contributed by atoms with van der Waals surface area (Å²) in [7, 11) is 0. The van der Waals surface area contributed by atoms with Crippen LogP contribution in [0.2, 0.25) is 0 Å². The minimum Gasteiger partial charge on any atom is -0.508 e. The Hall–Kier alpha value is -3.65. The van der Waals surface area contributed by atoms with Crippen molar-refractivity contribution in [1.29, 1.82) is 0 Å². The smallest absolute Gasteiger partial charge is 0.221 e. The van der Waals surface area contributed by atoms with E-state index in [2.05, 4.69) is 15.4 Å². The van der Waals surface area contributed by atoms with Crippen molar-refractivity contribution in [2.45, 2.75) is 23.9 Å². The molecule has 0 aliphatic carbocycles. The maximum Gasteiger partial charge on any atom is 0.221 e. The van der Waals surface area contributed by atoms with Gasteiger partial charge in [-0.3, -0.25) is 4.79 Å². The number of nitrogens with zero attached hydrogens (tertiary/aromatic N) is 4. The van der Waals surface area contributed by atoms with Gasteiger partial charge in [-0.2, -0.15) is 5.10 Å². The number of nitrogens with one attached hydrogen (secondary N) is 1. The summed E-state index contributed by atoms with van der Waals surface area (Å²) in [5.74, 6) is 0.739. The van der Waals surface area contributed by atoms with Gasteiger partial charge in [-0.25, -0.2) is 14.6 Å². The summed E-state index contributed by atoms with van der Waals surface area (Å²) in [4.78, 5) is 21.5. The molecular weight excluding hydrogens is 398 g/mol. The molecule has 0 fully saturated rings. The van der Waals surface area contributed by atoms with Crippen molar-refractivity contribution in [3.63, 3.8) is 0 Å². The third kappa shape index (κ3) is 4.66. The molecule has 1 amide bonds. The van der Waals surface area contributed by atoms with Gasteiger partial charge in [0.25, 0.3) is 0 Å². The molecule has 7 nitrogen and oxygen atoms in total. The number of hydrogen-bond acceptors (Lipinski definition) is 6. The molecular formula is C22H19N5O2S. The van der Waals surface area contributed by atoms with Crippen LogP contribution in [0.4, 0.5) is 5.69 Å². The number of carbonyl (C=O) groups excluding carboxylic acids is 1. The normalized spacial score (nSPS) is 10.7. The first kappa shape index (κ1) is 19.7. The lowest BCUT2D eigenvalue weighted by atomic mass is 10.1. The van der Waals surface area contributed by atoms with E-state index >= 15 is 0 Å². The zero-order valence-electron chi connectivity index (χ0n) is 16.4. The van der Waals surface area contributed by atoms with E-state index in [9.17, 15) is 9.90 Å². The Kier molecular flexibility index (Phi) is 5.49. The second-order valence-corrected chi connectivity index (χ2v) is 7.69. The zero-order valence-corrected chi connectivity index (χ0v) is 17.2. The maximum atomic E-state index is 11.2. The fourth-order valence-electron chi connectivity index (χ4n) is 2.81. The topological polar surface area (TPSA) is 92.9 Å². The quantitative estimate of drug-likeness (QED) is 0.466. The molecule has 0 aliphatic heterocycles. The number of anilines is 1. The van der Waals surface area contributed by atoms with Crippen LogP contribution in [0.25, 0.3) is 17.1 Å². The molecule has 0 saturated heterocycles. The predicted octanol–water partition coefficient (Wildman–Crippen LogP) is 4.45. The summed E-state index contributed by atoms with van der Waals surface area (Å²) in [5, 5.41) is 17.4. The highest BCUT2D eigenvalue weighted by atomic mass is 32.2. The Labute approximate surface area is 177 Å². The monoisotopic (exact) mass is 417 g/mol. The lowest BCUT2D eigenvalue weighted by Crippen LogP contribution is -2.05. The minimum atomic E-state index is -0.112. The SMILES string of the molecule is CC(=O)Nc1ccc(Sc2nc(-c3ccc(O)cc3)cc(-n3ccc(C)n3)n2)cc1. The fraction of sp³-hybridized carbons (Fsp3) is 0.0909. The van der Waals surface area contributed by atoms with Crippen LogP contribution in [0.15, 0.2) is 76.9 Å². The maximum absolute atomic E-state index is 11.2. The predicted molar refractivity (Wildman–Crippen MR) is 116 cm³/mol. The first-order chi connectivity index (χ1) is 14.5. The van der Waals surface area contributed by atoms with Crippen molar-refractivity contribution in [1.82, 2.24) is 19.7 Å². The molecule has 2 aromatic carbocycles. The van der Waals surface area contributed by atoms with Crippen LogP contribution in [-0.2, 0) is 4.79 Å². The van der Waals surface area contributed by atoms with Crippen LogP contribution in [0.3, 0.4) is 0 Å². The second-order valence-electron chi connectivity index (χ2n) is 6.65. The third-order valence-corrected chi connectivity index (χ3v) is 5.07. The molecule has 0 spiro atoms. The average Bonchev–Trinajstić information content (AvgIpc) is 3.16. The van der Waals surface area contributed by atoms with Crippen LogP contribution in [0.5, 0.6) is 5.75 Å². The number of rotatable bonds is 5. The summed E-state index contributed by atoms with van der Waals surface area (Å²) < 4.78 is 1.71. The largest absolute Gasteiger partial charge is 0.508 e. The molecule has 0 radical (unpaired) electrons. The van der Waals surface area contributed by atoms with Crippen molar-refractivity contribution in [2.75, 3.05) is 5.32 Å². The van der Waals surface area contributed by atoms with Crippen molar-refractivity contribution < 1.29 is 9.90 Å². The van der Waals surface area contributed by atoms with Crippen molar-refractivity contribution >= 4 is 23.4 Å². The van der Waals surface area contributed by atoms with Gasteiger partial charge in [0, 0.05) is 35.3 Å². The lowest BCUT2D eigenvalue weighted by Gasteiger charge is -2.09. The van der Waals surface area contributed by atoms with Gasteiger partial charge in [-0.05, 0) is 73.3 Å². The summed E-state index contributed by atoms with van der Waals surface area (Å²) in [6.07, 6.45) is 1.86. The van der Waals surface area contributed by atoms with E-state index in [4.69, 9.17) is 4.98 Å². The number of aryl methyl sites for hydroxylation is 1. The van der Waals surface area contributed by atoms with Crippen LogP contribution in [0.1, 0.15) is 12.6 Å². The Morgan fingerprint density at radius 2 is 1.77 bits per heavy atom. The number of phenolic OH excluding ortho intramolecular Hbond substituents is 1. The van der Waals surface area contributed by atoms with Gasteiger partial charge >= 0.3 is 0 Å². The van der Waals surface area contributed by atoms with Gasteiger partial charge in [0.1, 0.15) is 5.75 Å². The van der Waals surface area contributed by atoms with Crippen LogP contribution >= 0.6 is 11.8 Å². The van der Waals surface area contributed by atoms with Gasteiger partial charge in [0.05, 0.1) is 11.4 Å². The number of benzene rings is 2. The van der Waals surface area contributed by atoms with Gasteiger partial charge in [-0.1, -0.05) is 0 Å². The number of carbonyl (C=O) groups is 1. The van der Waals surface area contributed by atoms with Crippen molar-refractivity contribution in [2.24, 2.45) is 0 Å². The second kappa shape index (κ2) is 8.38. The van der Waals surface area contributed by atoms with Crippen LogP contribution in [-0.4, -0.2) is 30.8 Å². The highest BCUT2D eigenvalue weighted by Crippen LogP contribution is 2.29. The number of aromatic nitrogens is 4. The highest BCUT2D eigenvalue weighted by Gasteiger charge is 2.11. The molecule has 4 rings (SSSR count). The molecule has 2 aromatic heterocycles. The molecule has 8 heteroatoms. The number of aromatic hydroxyl groups is 1. The Morgan fingerprint density at radius 3 is 2.40 bits per heavy atom. The minimum absolute atomic E-state index is 0.112. The van der Waals surface area contributed by atoms with Gasteiger partial charge in [0.2, 0.25) is 5.91 Å². The Bertz CT molecular complexity index is 1190. The van der Waals surface area contributed by atoms with Crippen LogP contribution < -0.4 is 5.32 Å². The third-order valence-electron chi connectivity index (χ3n) is 4.20. The van der Waals surface area contributed by atoms with Gasteiger partial charge < -0.3 is 10.4 Å². The molecule has 0 atom stereocenters. The first-order valence-corrected chi connectivity index (χ1v) is 10.0. The van der Waals surface area contributed by atoms with Gasteiger partial charge in [0.15, 0.2) is 11.0 Å². The molecule has 0 unspecified atom stereocenters. The fourth-order valence-corrected chi connectivity index (χ4v) is 3.58. The summed E-state index contributed by atoms with van der Waals surface area (Å²) in [6.45, 7) is 3.40. The molecule has 4 aromatic rings. The molecule has 2 heterocycles. The van der Waals surface area contributed by atoms with E-state index in [1.165, 1.54) is 18.7 Å². The molecule has 30 heavy (non-hydrogen) atoms.